The summed E-state index contributed by atoms with van der Waals surface area (Å²) < 4.78 is 4.32. The van der Waals surface area contributed by atoms with Gasteiger partial charge in [-0.3, -0.25) is 0 Å². The van der Waals surface area contributed by atoms with E-state index in [9.17, 15) is 0 Å². The zero-order valence-electron chi connectivity index (χ0n) is 9.60. The van der Waals surface area contributed by atoms with Crippen LogP contribution in [0.1, 0.15) is 43.4 Å². The molecule has 1 unspecified atom stereocenters. The molecule has 2 heterocycles. The lowest BCUT2D eigenvalue weighted by Gasteiger charge is -2.09. The molecular formula is C11H15N3S2. The van der Waals surface area contributed by atoms with Gasteiger partial charge in [0.1, 0.15) is 5.82 Å². The van der Waals surface area contributed by atoms with Crippen molar-refractivity contribution in [1.82, 2.24) is 9.36 Å². The van der Waals surface area contributed by atoms with E-state index in [0.717, 1.165) is 11.0 Å². The van der Waals surface area contributed by atoms with Crippen molar-refractivity contribution in [3.05, 3.63) is 28.2 Å². The van der Waals surface area contributed by atoms with Crippen LogP contribution in [0.4, 0.5) is 5.13 Å². The number of hydrogen-bond acceptors (Lipinski definition) is 5. The number of anilines is 1. The standard InChI is InChI=1S/C11H15N3S2/c1-7(2)10-13-11(16-14-10)12-8(3)9-5-4-6-15-9/h4-8H,1-3H3,(H,12,13,14). The fraction of sp³-hybridized carbons (Fsp3) is 0.455. The quantitative estimate of drug-likeness (QED) is 0.898. The predicted molar refractivity (Wildman–Crippen MR) is 70.4 cm³/mol. The summed E-state index contributed by atoms with van der Waals surface area (Å²) in [6, 6.07) is 4.50. The second-order valence-electron chi connectivity index (χ2n) is 3.99. The molecule has 2 aromatic heterocycles. The van der Waals surface area contributed by atoms with Gasteiger partial charge in [-0.2, -0.15) is 4.37 Å². The molecular weight excluding hydrogens is 238 g/mol. The van der Waals surface area contributed by atoms with Crippen molar-refractivity contribution in [3.8, 4) is 0 Å². The Morgan fingerprint density at radius 2 is 2.12 bits per heavy atom. The molecule has 2 rings (SSSR count). The van der Waals surface area contributed by atoms with Gasteiger partial charge < -0.3 is 5.32 Å². The number of nitrogens with one attached hydrogen (secondary N) is 1. The van der Waals surface area contributed by atoms with Gasteiger partial charge in [0.2, 0.25) is 5.13 Å². The van der Waals surface area contributed by atoms with Gasteiger partial charge in [-0.05, 0) is 18.4 Å². The van der Waals surface area contributed by atoms with Gasteiger partial charge in [-0.15, -0.1) is 11.3 Å². The highest BCUT2D eigenvalue weighted by Crippen LogP contribution is 2.25. The monoisotopic (exact) mass is 253 g/mol. The summed E-state index contributed by atoms with van der Waals surface area (Å²) in [6.07, 6.45) is 0. The molecule has 0 aliphatic carbocycles. The van der Waals surface area contributed by atoms with E-state index in [4.69, 9.17) is 0 Å². The highest BCUT2D eigenvalue weighted by Gasteiger charge is 2.11. The molecule has 1 N–H and O–H groups in total. The molecule has 16 heavy (non-hydrogen) atoms. The Hall–Kier alpha value is -0.940. The molecule has 5 heteroatoms. The minimum Gasteiger partial charge on any atom is -0.353 e. The maximum absolute atomic E-state index is 4.46. The van der Waals surface area contributed by atoms with Crippen LogP contribution in [0.15, 0.2) is 17.5 Å². The van der Waals surface area contributed by atoms with Gasteiger partial charge in [-0.25, -0.2) is 4.98 Å². The summed E-state index contributed by atoms with van der Waals surface area (Å²) in [5, 5.41) is 6.37. The Morgan fingerprint density at radius 1 is 1.31 bits per heavy atom. The fourth-order valence-electron chi connectivity index (χ4n) is 1.32. The first-order valence-electron chi connectivity index (χ1n) is 5.30. The van der Waals surface area contributed by atoms with Crippen molar-refractivity contribution in [2.24, 2.45) is 0 Å². The average Bonchev–Trinajstić information content (AvgIpc) is 2.87. The van der Waals surface area contributed by atoms with Crippen LogP contribution in [0.2, 0.25) is 0 Å². The molecule has 0 fully saturated rings. The molecule has 2 aromatic rings. The number of aromatic nitrogens is 2. The summed E-state index contributed by atoms with van der Waals surface area (Å²) in [7, 11) is 0. The minimum atomic E-state index is 0.299. The van der Waals surface area contributed by atoms with Crippen LogP contribution in [0.3, 0.4) is 0 Å². The Labute approximate surface area is 104 Å². The van der Waals surface area contributed by atoms with Crippen LogP contribution in [0.25, 0.3) is 0 Å². The van der Waals surface area contributed by atoms with Crippen LogP contribution in [-0.4, -0.2) is 9.36 Å². The third kappa shape index (κ3) is 2.59. The molecule has 0 saturated carbocycles. The topological polar surface area (TPSA) is 37.8 Å². The third-order valence-electron chi connectivity index (χ3n) is 2.27. The molecule has 0 amide bonds. The first-order chi connectivity index (χ1) is 7.66. The fourth-order valence-corrected chi connectivity index (χ4v) is 2.85. The van der Waals surface area contributed by atoms with E-state index in [2.05, 4.69) is 53.0 Å². The zero-order valence-corrected chi connectivity index (χ0v) is 11.2. The van der Waals surface area contributed by atoms with Crippen LogP contribution in [-0.2, 0) is 0 Å². The van der Waals surface area contributed by atoms with E-state index >= 15 is 0 Å². The molecule has 0 aromatic carbocycles. The summed E-state index contributed by atoms with van der Waals surface area (Å²) in [6.45, 7) is 6.35. The normalized spacial score (nSPS) is 13.0. The van der Waals surface area contributed by atoms with E-state index in [1.54, 1.807) is 11.3 Å². The second-order valence-corrected chi connectivity index (χ2v) is 5.72. The molecule has 0 saturated heterocycles. The second kappa shape index (κ2) is 4.93. The van der Waals surface area contributed by atoms with E-state index < -0.39 is 0 Å². The van der Waals surface area contributed by atoms with Gasteiger partial charge in [0.25, 0.3) is 0 Å². The highest BCUT2D eigenvalue weighted by molar-refractivity contribution is 7.10. The van der Waals surface area contributed by atoms with Crippen molar-refractivity contribution in [3.63, 3.8) is 0 Å². The Morgan fingerprint density at radius 3 is 2.69 bits per heavy atom. The number of thiophene rings is 1. The van der Waals surface area contributed by atoms with Crippen LogP contribution in [0, 0.1) is 0 Å². The van der Waals surface area contributed by atoms with Crippen molar-refractivity contribution in [2.75, 3.05) is 5.32 Å². The van der Waals surface area contributed by atoms with E-state index in [-0.39, 0.29) is 0 Å². The molecule has 0 radical (unpaired) electrons. The molecule has 1 atom stereocenters. The largest absolute Gasteiger partial charge is 0.353 e. The summed E-state index contributed by atoms with van der Waals surface area (Å²) in [4.78, 5) is 5.78. The van der Waals surface area contributed by atoms with Crippen LogP contribution >= 0.6 is 22.9 Å². The predicted octanol–water partition coefficient (Wildman–Crippen LogP) is 3.90. The SMILES string of the molecule is CC(C)c1nsc(NC(C)c2cccs2)n1. The number of hydrogen-bond donors (Lipinski definition) is 1. The van der Waals surface area contributed by atoms with Crippen LogP contribution < -0.4 is 5.32 Å². The maximum atomic E-state index is 4.46. The highest BCUT2D eigenvalue weighted by atomic mass is 32.1. The van der Waals surface area contributed by atoms with Gasteiger partial charge in [0.05, 0.1) is 6.04 Å². The van der Waals surface area contributed by atoms with Crippen molar-refractivity contribution < 1.29 is 0 Å². The van der Waals surface area contributed by atoms with Crippen molar-refractivity contribution in [2.45, 2.75) is 32.7 Å². The smallest absolute Gasteiger partial charge is 0.203 e. The molecule has 86 valence electrons. The summed E-state index contributed by atoms with van der Waals surface area (Å²) in [5.74, 6) is 1.31. The Bertz CT molecular complexity index is 434. The molecule has 0 bridgehead atoms. The lowest BCUT2D eigenvalue weighted by molar-refractivity contribution is 0.796. The van der Waals surface area contributed by atoms with Crippen molar-refractivity contribution in [1.29, 1.82) is 0 Å². The first kappa shape index (κ1) is 11.5. The van der Waals surface area contributed by atoms with Gasteiger partial charge in [0.15, 0.2) is 0 Å². The first-order valence-corrected chi connectivity index (χ1v) is 6.95. The van der Waals surface area contributed by atoms with Crippen LogP contribution in [0.5, 0.6) is 0 Å². The molecule has 0 spiro atoms. The Kier molecular flexibility index (Phi) is 3.56. The lowest BCUT2D eigenvalue weighted by Crippen LogP contribution is -2.04. The third-order valence-corrected chi connectivity index (χ3v) is 3.98. The number of rotatable bonds is 4. The number of nitrogens with zero attached hydrogens (tertiary/aromatic N) is 2. The van der Waals surface area contributed by atoms with E-state index in [0.29, 0.717) is 12.0 Å². The van der Waals surface area contributed by atoms with Gasteiger partial charge >= 0.3 is 0 Å². The van der Waals surface area contributed by atoms with Crippen molar-refractivity contribution >= 4 is 28.0 Å². The zero-order chi connectivity index (χ0) is 11.5. The minimum absolute atomic E-state index is 0.299. The Balaban J connectivity index is 2.03. The van der Waals surface area contributed by atoms with Gasteiger partial charge in [0, 0.05) is 22.3 Å². The average molecular weight is 253 g/mol. The van der Waals surface area contributed by atoms with E-state index in [1.807, 2.05) is 0 Å². The molecule has 0 aliphatic heterocycles. The van der Waals surface area contributed by atoms with Gasteiger partial charge in [-0.1, -0.05) is 19.9 Å². The maximum Gasteiger partial charge on any atom is 0.203 e. The van der Waals surface area contributed by atoms with E-state index in [1.165, 1.54) is 16.4 Å². The molecule has 0 aliphatic rings. The lowest BCUT2D eigenvalue weighted by atomic mass is 10.2. The summed E-state index contributed by atoms with van der Waals surface area (Å²) in [5.41, 5.74) is 0. The summed E-state index contributed by atoms with van der Waals surface area (Å²) >= 11 is 3.19. The molecule has 3 nitrogen and oxygen atoms in total.